The Morgan fingerprint density at radius 2 is 1.80 bits per heavy atom. The molecule has 0 aromatic rings. The number of Topliss-reactive ketones (excluding diaryl/α,β-unsaturated/α-hetero) is 2. The van der Waals surface area contributed by atoms with E-state index in [1.807, 2.05) is 6.08 Å². The minimum atomic E-state index is -0.319. The van der Waals surface area contributed by atoms with Crippen LogP contribution >= 0.6 is 0 Å². The lowest BCUT2D eigenvalue weighted by Gasteiger charge is -2.60. The predicted octanol–water partition coefficient (Wildman–Crippen LogP) is 5.98. The van der Waals surface area contributed by atoms with Gasteiger partial charge >= 0.3 is 0 Å². The number of carbonyl (C=O) groups excluding carboxylic acids is 2. The van der Waals surface area contributed by atoms with Gasteiger partial charge in [-0.3, -0.25) is 9.59 Å². The summed E-state index contributed by atoms with van der Waals surface area (Å²) in [5.41, 5.74) is 4.25. The van der Waals surface area contributed by atoms with E-state index in [0.717, 1.165) is 32.1 Å². The zero-order chi connectivity index (χ0) is 26.0. The van der Waals surface area contributed by atoms with Crippen molar-refractivity contribution in [1.82, 2.24) is 0 Å². The van der Waals surface area contributed by atoms with E-state index in [0.29, 0.717) is 35.9 Å². The van der Waals surface area contributed by atoms with Crippen molar-refractivity contribution < 1.29 is 19.8 Å². The van der Waals surface area contributed by atoms with Crippen LogP contribution in [0.3, 0.4) is 0 Å². The van der Waals surface area contributed by atoms with E-state index in [-0.39, 0.29) is 46.7 Å². The largest absolute Gasteiger partial charge is 0.392 e. The lowest BCUT2D eigenvalue weighted by atomic mass is 9.43. The van der Waals surface area contributed by atoms with Crippen molar-refractivity contribution in [3.63, 3.8) is 0 Å². The van der Waals surface area contributed by atoms with Crippen LogP contribution in [0.5, 0.6) is 0 Å². The fraction of sp³-hybridized carbons (Fsp3) is 0.742. The molecular formula is C31H46O4. The maximum atomic E-state index is 13.7. The Morgan fingerprint density at radius 1 is 1.14 bits per heavy atom. The zero-order valence-corrected chi connectivity index (χ0v) is 23.0. The van der Waals surface area contributed by atoms with Gasteiger partial charge < -0.3 is 10.2 Å². The minimum Gasteiger partial charge on any atom is -0.392 e. The fourth-order valence-electron chi connectivity index (χ4n) is 8.93. The van der Waals surface area contributed by atoms with Crippen LogP contribution in [0.25, 0.3) is 0 Å². The number of fused-ring (bicyclic) bond motifs is 5. The first-order valence-corrected chi connectivity index (χ1v) is 13.6. The van der Waals surface area contributed by atoms with Gasteiger partial charge in [-0.25, -0.2) is 0 Å². The third-order valence-electron chi connectivity index (χ3n) is 11.2. The highest BCUT2D eigenvalue weighted by molar-refractivity contribution is 5.88. The quantitative estimate of drug-likeness (QED) is 0.457. The summed E-state index contributed by atoms with van der Waals surface area (Å²) < 4.78 is 0. The van der Waals surface area contributed by atoms with Crippen molar-refractivity contribution in [2.75, 3.05) is 13.2 Å². The van der Waals surface area contributed by atoms with Crippen LogP contribution in [-0.4, -0.2) is 35.0 Å². The maximum absolute atomic E-state index is 13.7. The molecule has 0 heterocycles. The summed E-state index contributed by atoms with van der Waals surface area (Å²) in [6.07, 6.45) is 10.0. The molecule has 2 saturated carbocycles. The summed E-state index contributed by atoms with van der Waals surface area (Å²) in [6.45, 7) is 15.6. The Hall–Kier alpha value is -1.52. The van der Waals surface area contributed by atoms with Crippen LogP contribution in [0, 0.1) is 39.4 Å². The molecule has 0 amide bonds. The molecule has 4 rings (SSSR count). The highest BCUT2D eigenvalue weighted by Gasteiger charge is 2.66. The average Bonchev–Trinajstić information content (AvgIpc) is 3.00. The van der Waals surface area contributed by atoms with Crippen molar-refractivity contribution in [3.8, 4) is 0 Å². The molecule has 6 atom stereocenters. The van der Waals surface area contributed by atoms with E-state index in [4.69, 9.17) is 0 Å². The lowest BCUT2D eigenvalue weighted by Crippen LogP contribution is -2.54. The van der Waals surface area contributed by atoms with Crippen LogP contribution < -0.4 is 0 Å². The Morgan fingerprint density at radius 3 is 2.43 bits per heavy atom. The predicted molar refractivity (Wildman–Crippen MR) is 140 cm³/mol. The summed E-state index contributed by atoms with van der Waals surface area (Å²) in [5.74, 6) is 1.33. The Balaban J connectivity index is 1.71. The number of ketones is 2. The monoisotopic (exact) mass is 482 g/mol. The molecule has 4 heteroatoms. The normalized spacial score (nSPS) is 38.9. The van der Waals surface area contributed by atoms with Crippen LogP contribution in [0.15, 0.2) is 34.4 Å². The number of hydrogen-bond acceptors (Lipinski definition) is 4. The minimum absolute atomic E-state index is 0.000562. The average molecular weight is 483 g/mol. The highest BCUT2D eigenvalue weighted by atomic mass is 16.3. The maximum Gasteiger partial charge on any atom is 0.138 e. The topological polar surface area (TPSA) is 74.6 Å². The molecule has 0 aliphatic heterocycles. The van der Waals surface area contributed by atoms with Crippen molar-refractivity contribution in [3.05, 3.63) is 34.4 Å². The van der Waals surface area contributed by atoms with Gasteiger partial charge in [0.15, 0.2) is 0 Å². The molecule has 4 aliphatic rings. The molecule has 6 unspecified atom stereocenters. The van der Waals surface area contributed by atoms with Crippen LogP contribution in [0.2, 0.25) is 0 Å². The molecular weight excluding hydrogens is 436 g/mol. The first-order valence-electron chi connectivity index (χ1n) is 13.6. The number of aliphatic hydroxyl groups excluding tert-OH is 2. The highest BCUT2D eigenvalue weighted by Crippen LogP contribution is 2.71. The molecule has 0 spiro atoms. The second-order valence-electron chi connectivity index (χ2n) is 13.4. The van der Waals surface area contributed by atoms with Gasteiger partial charge in [-0.15, -0.1) is 0 Å². The summed E-state index contributed by atoms with van der Waals surface area (Å²) in [4.78, 5) is 26.6. The molecule has 2 fully saturated rings. The van der Waals surface area contributed by atoms with Gasteiger partial charge in [0, 0.05) is 29.6 Å². The van der Waals surface area contributed by atoms with E-state index < -0.39 is 0 Å². The summed E-state index contributed by atoms with van der Waals surface area (Å²) >= 11 is 0. The zero-order valence-electron chi connectivity index (χ0n) is 23.0. The summed E-state index contributed by atoms with van der Waals surface area (Å²) in [7, 11) is 0. The lowest BCUT2D eigenvalue weighted by molar-refractivity contribution is -0.138. The van der Waals surface area contributed by atoms with Gasteiger partial charge in [-0.05, 0) is 78.4 Å². The fourth-order valence-corrected chi connectivity index (χ4v) is 8.93. The molecule has 2 N–H and O–H groups in total. The van der Waals surface area contributed by atoms with Crippen LogP contribution in [0.1, 0.15) is 93.4 Å². The first kappa shape index (κ1) is 26.5. The van der Waals surface area contributed by atoms with E-state index in [1.54, 1.807) is 0 Å². The number of allylic oxidation sites excluding steroid dienone is 5. The van der Waals surface area contributed by atoms with Crippen molar-refractivity contribution in [1.29, 1.82) is 0 Å². The van der Waals surface area contributed by atoms with Gasteiger partial charge in [0.05, 0.1) is 13.2 Å². The van der Waals surface area contributed by atoms with Crippen molar-refractivity contribution in [2.45, 2.75) is 93.4 Å². The van der Waals surface area contributed by atoms with Crippen LogP contribution in [0.4, 0.5) is 0 Å². The number of rotatable bonds is 6. The molecule has 0 saturated heterocycles. The third-order valence-corrected chi connectivity index (χ3v) is 11.2. The Bertz CT molecular complexity index is 1010. The number of carbonyl (C=O) groups is 2. The molecule has 0 bridgehead atoms. The Labute approximate surface area is 212 Å². The number of aliphatic hydroxyl groups is 2. The molecule has 4 aliphatic carbocycles. The molecule has 4 nitrogen and oxygen atoms in total. The molecule has 35 heavy (non-hydrogen) atoms. The van der Waals surface area contributed by atoms with Crippen molar-refractivity contribution >= 4 is 11.6 Å². The van der Waals surface area contributed by atoms with Gasteiger partial charge in [-0.1, -0.05) is 59.3 Å². The first-order chi connectivity index (χ1) is 16.3. The van der Waals surface area contributed by atoms with E-state index >= 15 is 0 Å². The number of hydrogen-bond donors (Lipinski definition) is 2. The third kappa shape index (κ3) is 3.69. The summed E-state index contributed by atoms with van der Waals surface area (Å²) in [6, 6.07) is 0. The molecule has 0 aromatic carbocycles. The van der Waals surface area contributed by atoms with Gasteiger partial charge in [0.25, 0.3) is 0 Å². The smallest absolute Gasteiger partial charge is 0.138 e. The Kier molecular flexibility index (Phi) is 6.67. The molecule has 0 aromatic heterocycles. The molecule has 194 valence electrons. The van der Waals surface area contributed by atoms with Gasteiger partial charge in [0.1, 0.15) is 11.6 Å². The van der Waals surface area contributed by atoms with E-state index in [9.17, 15) is 19.8 Å². The summed E-state index contributed by atoms with van der Waals surface area (Å²) in [5, 5.41) is 18.7. The second-order valence-corrected chi connectivity index (χ2v) is 13.4. The van der Waals surface area contributed by atoms with Gasteiger partial charge in [-0.2, -0.15) is 0 Å². The van der Waals surface area contributed by atoms with Gasteiger partial charge in [0.2, 0.25) is 0 Å². The SMILES string of the molecule is CC1=C2C(=CCC3(C)C(C(C)CCC=C(CO)CO)C(=O)CC23C)C2(C)CCC(=O)C(C)(C)C2C1. The van der Waals surface area contributed by atoms with Crippen LogP contribution in [-0.2, 0) is 9.59 Å². The molecule has 0 radical (unpaired) electrons. The van der Waals surface area contributed by atoms with Crippen molar-refractivity contribution in [2.24, 2.45) is 39.4 Å². The second kappa shape index (κ2) is 8.80. The van der Waals surface area contributed by atoms with E-state index in [2.05, 4.69) is 54.5 Å². The van der Waals surface area contributed by atoms with E-state index in [1.165, 1.54) is 16.7 Å². The standard InChI is InChI=1S/C31H46O4/c1-19(9-8-10-21(17-32)18-33)27-23(34)16-31(7)26-20(2)15-24-28(3,4)25(35)12-13-29(24,5)22(26)11-14-30(27,31)6/h10-11,19,24,27,32-33H,8-9,12-18H2,1-7H3.